The normalized spacial score (nSPS) is 19.5. The highest BCUT2D eigenvalue weighted by molar-refractivity contribution is 6.12. The minimum Gasteiger partial charge on any atom is -0.481 e. The summed E-state index contributed by atoms with van der Waals surface area (Å²) in [4.78, 5) is 23.8. The summed E-state index contributed by atoms with van der Waals surface area (Å²) >= 11 is 0. The van der Waals surface area contributed by atoms with Gasteiger partial charge >= 0.3 is 5.97 Å². The Kier molecular flexibility index (Phi) is 2.42. The first kappa shape index (κ1) is 10.7. The van der Waals surface area contributed by atoms with Gasteiger partial charge in [-0.2, -0.15) is 0 Å². The summed E-state index contributed by atoms with van der Waals surface area (Å²) < 4.78 is 0. The Balaban J connectivity index is 2.26. The zero-order valence-corrected chi connectivity index (χ0v) is 9.23. The summed E-state index contributed by atoms with van der Waals surface area (Å²) in [5.41, 5.74) is 2.95. The topological polar surface area (TPSA) is 57.6 Å². The predicted molar refractivity (Wildman–Crippen MR) is 59.4 cm³/mol. The van der Waals surface area contributed by atoms with Crippen molar-refractivity contribution in [2.75, 3.05) is 11.4 Å². The van der Waals surface area contributed by atoms with Crippen LogP contribution in [0, 0.1) is 19.8 Å². The molecule has 1 N–H and O–H groups in total. The van der Waals surface area contributed by atoms with Gasteiger partial charge in [-0.15, -0.1) is 0 Å². The fraction of sp³-hybridized carbons (Fsp3) is 0.333. The monoisotopic (exact) mass is 219 g/mol. The van der Waals surface area contributed by atoms with E-state index in [1.807, 2.05) is 32.0 Å². The molecule has 1 amide bonds. The molecule has 1 heterocycles. The van der Waals surface area contributed by atoms with Crippen LogP contribution in [0.4, 0.5) is 5.69 Å². The maximum Gasteiger partial charge on any atom is 0.317 e. The molecule has 1 fully saturated rings. The first-order valence-corrected chi connectivity index (χ1v) is 5.12. The summed E-state index contributed by atoms with van der Waals surface area (Å²) in [6.07, 6.45) is 0. The van der Waals surface area contributed by atoms with Crippen molar-refractivity contribution >= 4 is 17.6 Å². The van der Waals surface area contributed by atoms with Crippen LogP contribution in [-0.4, -0.2) is 23.5 Å². The van der Waals surface area contributed by atoms with Gasteiger partial charge < -0.3 is 10.0 Å². The van der Waals surface area contributed by atoms with Crippen LogP contribution in [0.5, 0.6) is 0 Å². The summed E-state index contributed by atoms with van der Waals surface area (Å²) in [7, 11) is 0. The van der Waals surface area contributed by atoms with Gasteiger partial charge in [-0.3, -0.25) is 9.59 Å². The Morgan fingerprint density at radius 2 is 2.12 bits per heavy atom. The molecule has 1 aliphatic heterocycles. The van der Waals surface area contributed by atoms with Crippen molar-refractivity contribution in [3.63, 3.8) is 0 Å². The summed E-state index contributed by atoms with van der Waals surface area (Å²) in [5, 5.41) is 8.74. The van der Waals surface area contributed by atoms with E-state index in [1.54, 1.807) is 0 Å². The van der Waals surface area contributed by atoms with Crippen LogP contribution in [0.2, 0.25) is 0 Å². The third kappa shape index (κ3) is 1.46. The molecule has 0 spiro atoms. The van der Waals surface area contributed by atoms with Crippen molar-refractivity contribution in [1.82, 2.24) is 0 Å². The fourth-order valence-electron chi connectivity index (χ4n) is 1.86. The molecule has 2 rings (SSSR count). The zero-order chi connectivity index (χ0) is 11.9. The molecule has 0 aromatic heterocycles. The summed E-state index contributed by atoms with van der Waals surface area (Å²) in [6.45, 7) is 4.18. The van der Waals surface area contributed by atoms with Crippen molar-refractivity contribution in [3.8, 4) is 0 Å². The molecule has 1 saturated heterocycles. The molecular weight excluding hydrogens is 206 g/mol. The van der Waals surface area contributed by atoms with Crippen LogP contribution < -0.4 is 4.90 Å². The van der Waals surface area contributed by atoms with Crippen molar-refractivity contribution in [2.24, 2.45) is 5.92 Å². The number of carboxylic acids is 1. The Labute approximate surface area is 93.5 Å². The second-order valence-corrected chi connectivity index (χ2v) is 4.06. The van der Waals surface area contributed by atoms with Crippen LogP contribution >= 0.6 is 0 Å². The summed E-state index contributed by atoms with van der Waals surface area (Å²) in [5.74, 6) is -2.22. The smallest absolute Gasteiger partial charge is 0.317 e. The van der Waals surface area contributed by atoms with Gasteiger partial charge in [0.2, 0.25) is 5.91 Å². The number of carboxylic acid groups (broad SMARTS) is 1. The van der Waals surface area contributed by atoms with Gasteiger partial charge in [0, 0.05) is 12.2 Å². The standard InChI is InChI=1S/C12H13NO3/c1-7-4-3-5-10(8(7)2)13-6-9(11(13)14)12(15)16/h3-5,9H,6H2,1-2H3,(H,15,16). The molecule has 1 unspecified atom stereocenters. The number of carbonyl (C=O) groups is 2. The summed E-state index contributed by atoms with van der Waals surface area (Å²) in [6, 6.07) is 5.69. The Hall–Kier alpha value is -1.84. The molecule has 4 heteroatoms. The average molecular weight is 219 g/mol. The third-order valence-corrected chi connectivity index (χ3v) is 3.09. The number of aryl methyl sites for hydroxylation is 1. The molecule has 84 valence electrons. The number of hydrogen-bond donors (Lipinski definition) is 1. The number of aliphatic carboxylic acids is 1. The molecule has 1 aromatic carbocycles. The molecule has 0 radical (unpaired) electrons. The van der Waals surface area contributed by atoms with Gasteiger partial charge in [-0.05, 0) is 31.0 Å². The molecule has 0 saturated carbocycles. The number of benzene rings is 1. The molecule has 1 atom stereocenters. The zero-order valence-electron chi connectivity index (χ0n) is 9.23. The highest BCUT2D eigenvalue weighted by atomic mass is 16.4. The van der Waals surface area contributed by atoms with E-state index in [4.69, 9.17) is 5.11 Å². The number of carbonyl (C=O) groups excluding carboxylic acids is 1. The minimum atomic E-state index is -1.04. The van der Waals surface area contributed by atoms with E-state index in [0.717, 1.165) is 16.8 Å². The highest BCUT2D eigenvalue weighted by Crippen LogP contribution is 2.30. The Morgan fingerprint density at radius 1 is 1.44 bits per heavy atom. The Bertz CT molecular complexity index is 467. The molecule has 16 heavy (non-hydrogen) atoms. The highest BCUT2D eigenvalue weighted by Gasteiger charge is 2.43. The number of amides is 1. The van der Waals surface area contributed by atoms with E-state index in [1.165, 1.54) is 4.90 Å². The van der Waals surface area contributed by atoms with E-state index in [-0.39, 0.29) is 12.5 Å². The minimum absolute atomic E-state index is 0.276. The lowest BCUT2D eigenvalue weighted by atomic mass is 9.96. The quantitative estimate of drug-likeness (QED) is 0.603. The molecular formula is C12H13NO3. The third-order valence-electron chi connectivity index (χ3n) is 3.09. The first-order valence-electron chi connectivity index (χ1n) is 5.12. The average Bonchev–Trinajstić information content (AvgIpc) is 2.22. The van der Waals surface area contributed by atoms with E-state index >= 15 is 0 Å². The number of hydrogen-bond acceptors (Lipinski definition) is 2. The Morgan fingerprint density at radius 3 is 2.69 bits per heavy atom. The van der Waals surface area contributed by atoms with E-state index in [0.29, 0.717) is 0 Å². The number of β-lactam (4-membered cyclic amide) rings is 1. The van der Waals surface area contributed by atoms with Crippen molar-refractivity contribution < 1.29 is 14.7 Å². The fourth-order valence-corrected chi connectivity index (χ4v) is 1.86. The van der Waals surface area contributed by atoms with Crippen LogP contribution in [0.1, 0.15) is 11.1 Å². The predicted octanol–water partition coefficient (Wildman–Crippen LogP) is 1.35. The van der Waals surface area contributed by atoms with Crippen LogP contribution in [0.15, 0.2) is 18.2 Å². The largest absolute Gasteiger partial charge is 0.481 e. The lowest BCUT2D eigenvalue weighted by Gasteiger charge is -2.37. The van der Waals surface area contributed by atoms with Gasteiger partial charge in [0.05, 0.1) is 0 Å². The molecule has 1 aliphatic rings. The number of anilines is 1. The van der Waals surface area contributed by atoms with E-state index in [9.17, 15) is 9.59 Å². The second-order valence-electron chi connectivity index (χ2n) is 4.06. The van der Waals surface area contributed by atoms with Gasteiger partial charge in [0.25, 0.3) is 0 Å². The van der Waals surface area contributed by atoms with Crippen molar-refractivity contribution in [2.45, 2.75) is 13.8 Å². The molecule has 1 aromatic rings. The van der Waals surface area contributed by atoms with Gasteiger partial charge in [-0.25, -0.2) is 0 Å². The maximum atomic E-state index is 11.6. The first-order chi connectivity index (χ1) is 7.52. The number of rotatable bonds is 2. The van der Waals surface area contributed by atoms with Crippen molar-refractivity contribution in [3.05, 3.63) is 29.3 Å². The maximum absolute atomic E-state index is 11.6. The lowest BCUT2D eigenvalue weighted by Crippen LogP contribution is -2.56. The molecule has 0 bridgehead atoms. The van der Waals surface area contributed by atoms with Crippen molar-refractivity contribution in [1.29, 1.82) is 0 Å². The van der Waals surface area contributed by atoms with Gasteiger partial charge in [0.1, 0.15) is 0 Å². The number of nitrogens with zero attached hydrogens (tertiary/aromatic N) is 1. The van der Waals surface area contributed by atoms with Crippen LogP contribution in [0.25, 0.3) is 0 Å². The van der Waals surface area contributed by atoms with Crippen LogP contribution in [0.3, 0.4) is 0 Å². The SMILES string of the molecule is Cc1cccc(N2CC(C(=O)O)C2=O)c1C. The van der Waals surface area contributed by atoms with E-state index in [2.05, 4.69) is 0 Å². The molecule has 4 nitrogen and oxygen atoms in total. The van der Waals surface area contributed by atoms with Gasteiger partial charge in [0.15, 0.2) is 5.92 Å². The van der Waals surface area contributed by atoms with E-state index < -0.39 is 11.9 Å². The van der Waals surface area contributed by atoms with Crippen LogP contribution in [-0.2, 0) is 9.59 Å². The van der Waals surface area contributed by atoms with Gasteiger partial charge in [-0.1, -0.05) is 12.1 Å². The lowest BCUT2D eigenvalue weighted by molar-refractivity contribution is -0.149. The molecule has 0 aliphatic carbocycles. The second kappa shape index (κ2) is 3.63.